The predicted octanol–water partition coefficient (Wildman–Crippen LogP) is 5.33. The van der Waals surface area contributed by atoms with Gasteiger partial charge in [0.25, 0.3) is 0 Å². The van der Waals surface area contributed by atoms with Gasteiger partial charge in [-0.1, -0.05) is 51.0 Å². The molecule has 1 saturated heterocycles. The number of allylic oxidation sites excluding steroid dienone is 3. The van der Waals surface area contributed by atoms with Gasteiger partial charge in [-0.2, -0.15) is 0 Å². The van der Waals surface area contributed by atoms with Crippen molar-refractivity contribution in [2.75, 3.05) is 6.61 Å². The van der Waals surface area contributed by atoms with Crippen LogP contribution in [0.3, 0.4) is 0 Å². The van der Waals surface area contributed by atoms with Crippen molar-refractivity contribution in [1.29, 1.82) is 0 Å². The van der Waals surface area contributed by atoms with Gasteiger partial charge in [-0.25, -0.2) is 0 Å². The second-order valence-electron chi connectivity index (χ2n) is 12.5. The molecule has 0 aromatic heterocycles. The molecule has 4 rings (SSSR count). The zero-order chi connectivity index (χ0) is 24.0. The molecular formula is C29H46O4. The molecule has 3 saturated carbocycles. The minimum Gasteiger partial charge on any atom is -0.393 e. The van der Waals surface area contributed by atoms with E-state index < -0.39 is 17.8 Å². The van der Waals surface area contributed by atoms with Crippen molar-refractivity contribution in [1.82, 2.24) is 0 Å². The first kappa shape index (κ1) is 25.2. The van der Waals surface area contributed by atoms with Gasteiger partial charge in [0, 0.05) is 6.42 Å². The van der Waals surface area contributed by atoms with E-state index >= 15 is 0 Å². The Bertz CT molecular complexity index is 786. The molecule has 4 fully saturated rings. The molecule has 33 heavy (non-hydrogen) atoms. The standard InChI is InChI=1S/C29H46O4/c1-18(7-6-12-28(3,4)32)24-10-11-25-21(13-22(27-17-33-27)16-29(24,25)5)9-8-20-14-23(30)15-26(31)19(20)2/h8-9,18,22-27,30-32H,2,6-7,10-17H2,1,3-5H3/b20-8-,21-9+/t18-,22+,23-,24-,25+,26+,27-,29-/m1/s1. The molecule has 3 aliphatic carbocycles. The van der Waals surface area contributed by atoms with Crippen LogP contribution in [0.2, 0.25) is 0 Å². The number of hydrogen-bond acceptors (Lipinski definition) is 4. The van der Waals surface area contributed by atoms with Crippen LogP contribution in [-0.2, 0) is 4.74 Å². The van der Waals surface area contributed by atoms with Crippen LogP contribution in [0.15, 0.2) is 35.5 Å². The molecule has 0 aromatic rings. The largest absolute Gasteiger partial charge is 0.393 e. The van der Waals surface area contributed by atoms with Crippen LogP contribution >= 0.6 is 0 Å². The van der Waals surface area contributed by atoms with Gasteiger partial charge in [-0.3, -0.25) is 0 Å². The lowest BCUT2D eigenvalue weighted by atomic mass is 9.57. The average molecular weight is 459 g/mol. The van der Waals surface area contributed by atoms with Crippen LogP contribution in [0.1, 0.15) is 85.5 Å². The molecule has 186 valence electrons. The SMILES string of the molecule is C=C1/C(=C\C=C2/C[C@H]([C@H]3CO3)C[C@]3(C)[C@@H]([C@H](C)CCCC(C)(C)O)CC[C@@H]23)C[C@@H](O)C[C@@H]1O. The molecular weight excluding hydrogens is 412 g/mol. The lowest BCUT2D eigenvalue weighted by Crippen LogP contribution is -2.40. The van der Waals surface area contributed by atoms with Gasteiger partial charge in [-0.05, 0) is 92.6 Å². The molecule has 4 heteroatoms. The monoisotopic (exact) mass is 458 g/mol. The van der Waals surface area contributed by atoms with Crippen molar-refractivity contribution >= 4 is 0 Å². The Labute approximate surface area is 200 Å². The topological polar surface area (TPSA) is 73.2 Å². The molecule has 8 atom stereocenters. The third-order valence-electron chi connectivity index (χ3n) is 9.34. The number of fused-ring (bicyclic) bond motifs is 1. The van der Waals surface area contributed by atoms with Gasteiger partial charge in [0.1, 0.15) is 0 Å². The normalized spacial score (nSPS) is 42.6. The number of aliphatic hydroxyl groups is 3. The fourth-order valence-corrected chi connectivity index (χ4v) is 7.48. The van der Waals surface area contributed by atoms with Gasteiger partial charge in [-0.15, -0.1) is 0 Å². The lowest BCUT2D eigenvalue weighted by Gasteiger charge is -2.47. The number of rotatable bonds is 7. The maximum Gasteiger partial charge on any atom is 0.0841 e. The molecule has 3 N–H and O–H groups in total. The Morgan fingerprint density at radius 2 is 1.94 bits per heavy atom. The summed E-state index contributed by atoms with van der Waals surface area (Å²) in [5.41, 5.74) is 3.01. The highest BCUT2D eigenvalue weighted by molar-refractivity contribution is 5.39. The van der Waals surface area contributed by atoms with Gasteiger partial charge in [0.05, 0.1) is 30.5 Å². The third-order valence-corrected chi connectivity index (χ3v) is 9.34. The second-order valence-corrected chi connectivity index (χ2v) is 12.5. The third kappa shape index (κ3) is 5.66. The van der Waals surface area contributed by atoms with E-state index in [1.54, 1.807) is 0 Å². The van der Waals surface area contributed by atoms with Gasteiger partial charge < -0.3 is 20.1 Å². The number of aliphatic hydroxyl groups excluding tert-OH is 2. The van der Waals surface area contributed by atoms with Crippen LogP contribution in [0.5, 0.6) is 0 Å². The zero-order valence-electron chi connectivity index (χ0n) is 21.2. The van der Waals surface area contributed by atoms with E-state index in [9.17, 15) is 15.3 Å². The molecule has 0 radical (unpaired) electrons. The van der Waals surface area contributed by atoms with Crippen molar-refractivity contribution in [2.45, 2.75) is 109 Å². The van der Waals surface area contributed by atoms with Crippen molar-refractivity contribution in [3.8, 4) is 0 Å². The van der Waals surface area contributed by atoms with E-state index in [1.165, 1.54) is 31.3 Å². The molecule has 1 heterocycles. The summed E-state index contributed by atoms with van der Waals surface area (Å²) in [5.74, 6) is 2.54. The zero-order valence-corrected chi connectivity index (χ0v) is 21.2. The summed E-state index contributed by atoms with van der Waals surface area (Å²) in [7, 11) is 0. The molecule has 1 aliphatic heterocycles. The summed E-state index contributed by atoms with van der Waals surface area (Å²) in [6, 6.07) is 0. The van der Waals surface area contributed by atoms with Crippen LogP contribution in [0.25, 0.3) is 0 Å². The van der Waals surface area contributed by atoms with Crippen LogP contribution in [0, 0.1) is 29.1 Å². The molecule has 0 aromatic carbocycles. The highest BCUT2D eigenvalue weighted by atomic mass is 16.6. The number of hydrogen-bond donors (Lipinski definition) is 3. The van der Waals surface area contributed by atoms with Gasteiger partial charge in [0.15, 0.2) is 0 Å². The fraction of sp³-hybridized carbons (Fsp3) is 0.793. The van der Waals surface area contributed by atoms with Crippen molar-refractivity contribution in [3.63, 3.8) is 0 Å². The smallest absolute Gasteiger partial charge is 0.0841 e. The first-order chi connectivity index (χ1) is 15.5. The lowest BCUT2D eigenvalue weighted by molar-refractivity contribution is 0.0479. The van der Waals surface area contributed by atoms with Crippen LogP contribution < -0.4 is 0 Å². The highest BCUT2D eigenvalue weighted by Crippen LogP contribution is 2.62. The Balaban J connectivity index is 1.53. The van der Waals surface area contributed by atoms with E-state index in [0.717, 1.165) is 37.0 Å². The van der Waals surface area contributed by atoms with E-state index in [4.69, 9.17) is 4.74 Å². The van der Waals surface area contributed by atoms with Gasteiger partial charge >= 0.3 is 0 Å². The van der Waals surface area contributed by atoms with Crippen molar-refractivity contribution in [2.24, 2.45) is 29.1 Å². The first-order valence-corrected chi connectivity index (χ1v) is 13.3. The molecule has 0 unspecified atom stereocenters. The highest BCUT2D eigenvalue weighted by Gasteiger charge is 2.54. The fourth-order valence-electron chi connectivity index (χ4n) is 7.48. The molecule has 0 spiro atoms. The summed E-state index contributed by atoms with van der Waals surface area (Å²) >= 11 is 0. The van der Waals surface area contributed by atoms with E-state index in [2.05, 4.69) is 32.6 Å². The van der Waals surface area contributed by atoms with Crippen LogP contribution in [-0.4, -0.2) is 45.8 Å². The minimum absolute atomic E-state index is 0.288. The maximum absolute atomic E-state index is 10.2. The molecule has 0 bridgehead atoms. The molecule has 4 aliphatic rings. The molecule has 0 amide bonds. The summed E-state index contributed by atoms with van der Waals surface area (Å²) in [4.78, 5) is 0. The Hall–Kier alpha value is -0.940. The summed E-state index contributed by atoms with van der Waals surface area (Å²) in [5, 5.41) is 30.5. The Kier molecular flexibility index (Phi) is 7.32. The Morgan fingerprint density at radius 3 is 2.61 bits per heavy atom. The Morgan fingerprint density at radius 1 is 1.21 bits per heavy atom. The van der Waals surface area contributed by atoms with E-state index in [1.807, 2.05) is 13.8 Å². The average Bonchev–Trinajstić information content (AvgIpc) is 3.50. The summed E-state index contributed by atoms with van der Waals surface area (Å²) < 4.78 is 5.78. The second kappa shape index (κ2) is 9.60. The number of epoxide rings is 1. The van der Waals surface area contributed by atoms with E-state index in [0.29, 0.717) is 42.6 Å². The minimum atomic E-state index is -0.636. The number of ether oxygens (including phenoxy) is 1. The van der Waals surface area contributed by atoms with Gasteiger partial charge in [0.2, 0.25) is 0 Å². The summed E-state index contributed by atoms with van der Waals surface area (Å²) in [6.07, 6.45) is 12.7. The maximum atomic E-state index is 10.2. The first-order valence-electron chi connectivity index (χ1n) is 13.3. The van der Waals surface area contributed by atoms with E-state index in [-0.39, 0.29) is 5.41 Å². The molecule has 4 nitrogen and oxygen atoms in total. The quantitative estimate of drug-likeness (QED) is 0.451. The van der Waals surface area contributed by atoms with Crippen molar-refractivity contribution in [3.05, 3.63) is 35.5 Å². The summed E-state index contributed by atoms with van der Waals surface area (Å²) in [6.45, 7) is 13.8. The van der Waals surface area contributed by atoms with Crippen molar-refractivity contribution < 1.29 is 20.1 Å². The van der Waals surface area contributed by atoms with Crippen LogP contribution in [0.4, 0.5) is 0 Å². The predicted molar refractivity (Wildman–Crippen MR) is 133 cm³/mol.